The lowest BCUT2D eigenvalue weighted by molar-refractivity contribution is -0.158. The summed E-state index contributed by atoms with van der Waals surface area (Å²) < 4.78 is 5.29. The van der Waals surface area contributed by atoms with Gasteiger partial charge in [-0.1, -0.05) is 53.6 Å². The number of fused-ring (bicyclic) bond motifs is 3. The second-order valence-corrected chi connectivity index (χ2v) is 5.36. The SMILES string of the molecule is O=C1N=NOC1C(=O)OCC1c2ccccc2-c2ccccc21. The van der Waals surface area contributed by atoms with Crippen LogP contribution in [0.2, 0.25) is 0 Å². The largest absolute Gasteiger partial charge is 0.461 e. The Morgan fingerprint density at radius 2 is 1.65 bits per heavy atom. The van der Waals surface area contributed by atoms with Crippen molar-refractivity contribution in [1.82, 2.24) is 0 Å². The van der Waals surface area contributed by atoms with Crippen LogP contribution in [0.15, 0.2) is 58.9 Å². The van der Waals surface area contributed by atoms with Crippen LogP contribution in [0.3, 0.4) is 0 Å². The molecule has 2 aliphatic rings. The third-order valence-electron chi connectivity index (χ3n) is 4.09. The van der Waals surface area contributed by atoms with E-state index in [1.54, 1.807) is 0 Å². The van der Waals surface area contributed by atoms with Crippen molar-refractivity contribution in [2.24, 2.45) is 10.4 Å². The average molecular weight is 308 g/mol. The molecule has 1 atom stereocenters. The molecule has 0 N–H and O–H groups in total. The van der Waals surface area contributed by atoms with Gasteiger partial charge in [-0.3, -0.25) is 4.79 Å². The first-order chi connectivity index (χ1) is 11.3. The maximum absolute atomic E-state index is 11.9. The van der Waals surface area contributed by atoms with E-state index in [4.69, 9.17) is 4.74 Å². The molecule has 0 fully saturated rings. The first-order valence-corrected chi connectivity index (χ1v) is 7.21. The highest BCUT2D eigenvalue weighted by molar-refractivity contribution is 6.01. The van der Waals surface area contributed by atoms with Gasteiger partial charge in [-0.25, -0.2) is 4.79 Å². The fraction of sp³-hybridized carbons (Fsp3) is 0.176. The van der Waals surface area contributed by atoms with Gasteiger partial charge in [0.15, 0.2) is 0 Å². The van der Waals surface area contributed by atoms with Crippen molar-refractivity contribution in [3.8, 4) is 11.1 Å². The zero-order chi connectivity index (χ0) is 15.8. The van der Waals surface area contributed by atoms with E-state index >= 15 is 0 Å². The summed E-state index contributed by atoms with van der Waals surface area (Å²) in [6, 6.07) is 16.0. The van der Waals surface area contributed by atoms with Crippen molar-refractivity contribution in [3.63, 3.8) is 0 Å². The normalized spacial score (nSPS) is 18.4. The molecule has 0 saturated heterocycles. The van der Waals surface area contributed by atoms with E-state index in [-0.39, 0.29) is 12.5 Å². The smallest absolute Gasteiger partial charge is 0.360 e. The fourth-order valence-corrected chi connectivity index (χ4v) is 3.03. The Kier molecular flexibility index (Phi) is 3.15. The third-order valence-corrected chi connectivity index (χ3v) is 4.09. The average Bonchev–Trinajstić information content (AvgIpc) is 3.14. The van der Waals surface area contributed by atoms with Crippen LogP contribution in [0.4, 0.5) is 0 Å². The van der Waals surface area contributed by atoms with Gasteiger partial charge in [0.1, 0.15) is 6.61 Å². The number of esters is 1. The number of amides is 1. The molecule has 6 nitrogen and oxygen atoms in total. The summed E-state index contributed by atoms with van der Waals surface area (Å²) in [7, 11) is 0. The van der Waals surface area contributed by atoms with Gasteiger partial charge >= 0.3 is 18.0 Å². The number of nitrogens with zero attached hydrogens (tertiary/aromatic N) is 2. The van der Waals surface area contributed by atoms with Crippen molar-refractivity contribution < 1.29 is 19.2 Å². The highest BCUT2D eigenvalue weighted by Crippen LogP contribution is 2.44. The van der Waals surface area contributed by atoms with Crippen LogP contribution in [0, 0.1) is 0 Å². The van der Waals surface area contributed by atoms with E-state index in [9.17, 15) is 9.59 Å². The van der Waals surface area contributed by atoms with E-state index in [0.717, 1.165) is 22.3 Å². The molecule has 1 aliphatic carbocycles. The number of ether oxygens (including phenoxy) is 1. The molecule has 0 spiro atoms. The van der Waals surface area contributed by atoms with E-state index < -0.39 is 18.0 Å². The number of hydrogen-bond donors (Lipinski definition) is 0. The van der Waals surface area contributed by atoms with Gasteiger partial charge in [-0.2, -0.15) is 0 Å². The van der Waals surface area contributed by atoms with Gasteiger partial charge in [-0.15, -0.1) is 0 Å². The quantitative estimate of drug-likeness (QED) is 0.645. The maximum Gasteiger partial charge on any atom is 0.360 e. The van der Waals surface area contributed by atoms with Gasteiger partial charge in [-0.05, 0) is 22.3 Å². The molecule has 1 amide bonds. The monoisotopic (exact) mass is 308 g/mol. The van der Waals surface area contributed by atoms with Crippen LogP contribution >= 0.6 is 0 Å². The zero-order valence-electron chi connectivity index (χ0n) is 12.0. The summed E-state index contributed by atoms with van der Waals surface area (Å²) in [6.45, 7) is 0.139. The molecule has 114 valence electrons. The van der Waals surface area contributed by atoms with Gasteiger partial charge in [0.05, 0.1) is 0 Å². The summed E-state index contributed by atoms with van der Waals surface area (Å²) in [6.07, 6.45) is -1.37. The first-order valence-electron chi connectivity index (χ1n) is 7.21. The number of rotatable bonds is 3. The van der Waals surface area contributed by atoms with Crippen LogP contribution in [-0.2, 0) is 19.2 Å². The maximum atomic E-state index is 11.9. The molecule has 4 rings (SSSR count). The number of carbonyl (C=O) groups is 2. The molecule has 0 radical (unpaired) electrons. The molecule has 2 aromatic carbocycles. The predicted molar refractivity (Wildman–Crippen MR) is 79.4 cm³/mol. The molecule has 0 saturated carbocycles. The molecule has 23 heavy (non-hydrogen) atoms. The van der Waals surface area contributed by atoms with E-state index in [0.29, 0.717) is 0 Å². The summed E-state index contributed by atoms with van der Waals surface area (Å²) in [4.78, 5) is 27.9. The van der Waals surface area contributed by atoms with Crippen molar-refractivity contribution >= 4 is 11.9 Å². The molecule has 6 heteroatoms. The van der Waals surface area contributed by atoms with Crippen LogP contribution in [0.5, 0.6) is 0 Å². The lowest BCUT2D eigenvalue weighted by Crippen LogP contribution is -2.30. The van der Waals surface area contributed by atoms with Crippen LogP contribution in [0.1, 0.15) is 17.0 Å². The number of carbonyl (C=O) groups excluding carboxylic acids is 2. The van der Waals surface area contributed by atoms with Gasteiger partial charge < -0.3 is 9.57 Å². The summed E-state index contributed by atoms with van der Waals surface area (Å²) >= 11 is 0. The summed E-state index contributed by atoms with van der Waals surface area (Å²) in [5, 5.41) is 6.25. The number of benzene rings is 2. The minimum atomic E-state index is -1.37. The highest BCUT2D eigenvalue weighted by atomic mass is 16.7. The van der Waals surface area contributed by atoms with Crippen LogP contribution in [-0.4, -0.2) is 24.6 Å². The van der Waals surface area contributed by atoms with E-state index in [1.165, 1.54) is 0 Å². The van der Waals surface area contributed by atoms with E-state index in [1.807, 2.05) is 36.4 Å². The Bertz CT molecular complexity index is 785. The minimum Gasteiger partial charge on any atom is -0.461 e. The first kappa shape index (κ1) is 13.6. The van der Waals surface area contributed by atoms with Gasteiger partial charge in [0, 0.05) is 11.2 Å². The topological polar surface area (TPSA) is 77.3 Å². The van der Waals surface area contributed by atoms with Crippen molar-refractivity contribution in [2.45, 2.75) is 12.0 Å². The molecular weight excluding hydrogens is 296 g/mol. The second-order valence-electron chi connectivity index (χ2n) is 5.36. The molecular formula is C17H12N2O4. The molecule has 0 bridgehead atoms. The molecule has 2 aromatic rings. The Morgan fingerprint density at radius 1 is 1.04 bits per heavy atom. The minimum absolute atomic E-state index is 0.0586. The van der Waals surface area contributed by atoms with E-state index in [2.05, 4.69) is 27.4 Å². The van der Waals surface area contributed by atoms with Crippen LogP contribution < -0.4 is 0 Å². The Balaban J connectivity index is 1.57. The Morgan fingerprint density at radius 3 is 2.22 bits per heavy atom. The summed E-state index contributed by atoms with van der Waals surface area (Å²) in [5.74, 6) is -1.55. The number of hydrogen-bond acceptors (Lipinski definition) is 5. The fourth-order valence-electron chi connectivity index (χ4n) is 3.03. The van der Waals surface area contributed by atoms with Gasteiger partial charge in [0.25, 0.3) is 0 Å². The van der Waals surface area contributed by atoms with Crippen molar-refractivity contribution in [1.29, 1.82) is 0 Å². The lowest BCUT2D eigenvalue weighted by Gasteiger charge is -2.14. The van der Waals surface area contributed by atoms with Gasteiger partial charge in [0.2, 0.25) is 0 Å². The zero-order valence-corrected chi connectivity index (χ0v) is 12.0. The molecule has 0 aromatic heterocycles. The molecule has 1 aliphatic heterocycles. The predicted octanol–water partition coefficient (Wildman–Crippen LogP) is 2.63. The van der Waals surface area contributed by atoms with Crippen molar-refractivity contribution in [3.05, 3.63) is 59.7 Å². The highest BCUT2D eigenvalue weighted by Gasteiger charge is 2.36. The molecule has 1 heterocycles. The van der Waals surface area contributed by atoms with Crippen LogP contribution in [0.25, 0.3) is 11.1 Å². The Hall–Kier alpha value is -3.02. The summed E-state index contributed by atoms with van der Waals surface area (Å²) in [5.41, 5.74) is 4.49. The lowest BCUT2D eigenvalue weighted by atomic mass is 9.98. The Labute approximate surface area is 131 Å². The standard InChI is InChI=1S/C17H12N2O4/c20-16-15(23-19-18-16)17(21)22-9-14-12-7-3-1-5-10(12)11-6-2-4-8-13(11)14/h1-8,14-15H,9H2. The van der Waals surface area contributed by atoms with Crippen molar-refractivity contribution in [2.75, 3.05) is 6.61 Å². The second kappa shape index (κ2) is 5.31. The molecule has 1 unspecified atom stereocenters. The third kappa shape index (κ3) is 2.19.